The number of carbonyl (C=O) groups is 2. The predicted molar refractivity (Wildman–Crippen MR) is 69.5 cm³/mol. The molecule has 0 radical (unpaired) electrons. The van der Waals surface area contributed by atoms with Gasteiger partial charge in [-0.3, -0.25) is 9.59 Å². The molecule has 0 aliphatic heterocycles. The van der Waals surface area contributed by atoms with Crippen molar-refractivity contribution in [3.05, 3.63) is 0 Å². The van der Waals surface area contributed by atoms with E-state index < -0.39 is 12.1 Å². The molecule has 2 amide bonds. The van der Waals surface area contributed by atoms with Crippen molar-refractivity contribution < 1.29 is 9.59 Å². The lowest BCUT2D eigenvalue weighted by molar-refractivity contribution is -0.130. The van der Waals surface area contributed by atoms with Gasteiger partial charge in [-0.15, -0.1) is 0 Å². The van der Waals surface area contributed by atoms with Crippen molar-refractivity contribution in [1.82, 2.24) is 9.80 Å². The topological polar surface area (TPSA) is 88.2 Å². The van der Waals surface area contributed by atoms with Crippen LogP contribution in [0, 0.1) is 22.7 Å². The van der Waals surface area contributed by atoms with E-state index in [9.17, 15) is 9.59 Å². The van der Waals surface area contributed by atoms with Gasteiger partial charge in [0.1, 0.15) is 12.1 Å². The Morgan fingerprint density at radius 2 is 1.26 bits per heavy atom. The fourth-order valence-electron chi connectivity index (χ4n) is 1.80. The normalized spacial score (nSPS) is 12.7. The van der Waals surface area contributed by atoms with Crippen molar-refractivity contribution in [1.29, 1.82) is 10.5 Å². The van der Waals surface area contributed by atoms with Gasteiger partial charge in [0.15, 0.2) is 0 Å². The highest BCUT2D eigenvalue weighted by Gasteiger charge is 2.19. The Bertz CT molecular complexity index is 370. The summed E-state index contributed by atoms with van der Waals surface area (Å²) in [6.07, 6.45) is 0.539. The van der Waals surface area contributed by atoms with Gasteiger partial charge in [0, 0.05) is 26.9 Å². The van der Waals surface area contributed by atoms with Gasteiger partial charge in [-0.05, 0) is 20.3 Å². The van der Waals surface area contributed by atoms with Crippen LogP contribution in [0.15, 0.2) is 0 Å². The number of nitrogens with zero attached hydrogens (tertiary/aromatic N) is 4. The average Bonchev–Trinajstić information content (AvgIpc) is 2.36. The lowest BCUT2D eigenvalue weighted by Gasteiger charge is -2.27. The lowest BCUT2D eigenvalue weighted by Crippen LogP contribution is -2.41. The van der Waals surface area contributed by atoms with Crippen LogP contribution in [0.4, 0.5) is 0 Å². The minimum absolute atomic E-state index is 0.170. The SMILES string of the molecule is CC(=O)N(CCCN(C(C)=O)C(C)C#N)C(C)C#N. The third-order valence-electron chi connectivity index (χ3n) is 2.92. The Hall–Kier alpha value is -2.08. The molecule has 0 spiro atoms. The molecule has 2 unspecified atom stereocenters. The lowest BCUT2D eigenvalue weighted by atomic mass is 10.2. The minimum Gasteiger partial charge on any atom is -0.327 e. The largest absolute Gasteiger partial charge is 0.327 e. The maximum Gasteiger partial charge on any atom is 0.220 e. The standard InChI is InChI=1S/C13H20N4O2/c1-10(8-14)16(12(3)18)6-5-7-17(13(4)19)11(2)9-15/h10-11H,5-7H2,1-4H3. The van der Waals surface area contributed by atoms with E-state index in [1.54, 1.807) is 13.8 Å². The van der Waals surface area contributed by atoms with Gasteiger partial charge >= 0.3 is 0 Å². The summed E-state index contributed by atoms with van der Waals surface area (Å²) >= 11 is 0. The molecule has 19 heavy (non-hydrogen) atoms. The molecule has 2 atom stereocenters. The van der Waals surface area contributed by atoms with E-state index in [0.717, 1.165) is 0 Å². The monoisotopic (exact) mass is 264 g/mol. The van der Waals surface area contributed by atoms with Crippen LogP contribution in [0.5, 0.6) is 0 Å². The van der Waals surface area contributed by atoms with Gasteiger partial charge in [0.25, 0.3) is 0 Å². The fraction of sp³-hybridized carbons (Fsp3) is 0.692. The molecule has 6 heteroatoms. The van der Waals surface area contributed by atoms with Crippen molar-refractivity contribution in [2.75, 3.05) is 13.1 Å². The van der Waals surface area contributed by atoms with Crippen LogP contribution in [0.2, 0.25) is 0 Å². The number of rotatable bonds is 6. The summed E-state index contributed by atoms with van der Waals surface area (Å²) in [7, 11) is 0. The van der Waals surface area contributed by atoms with E-state index in [4.69, 9.17) is 10.5 Å². The van der Waals surface area contributed by atoms with Crippen LogP contribution in [-0.2, 0) is 9.59 Å². The third-order valence-corrected chi connectivity index (χ3v) is 2.92. The zero-order chi connectivity index (χ0) is 15.0. The molecule has 0 saturated heterocycles. The molecule has 0 aliphatic carbocycles. The van der Waals surface area contributed by atoms with Crippen LogP contribution in [0.3, 0.4) is 0 Å². The minimum atomic E-state index is -0.489. The molecule has 6 nitrogen and oxygen atoms in total. The Labute approximate surface area is 114 Å². The zero-order valence-electron chi connectivity index (χ0n) is 11.9. The highest BCUT2D eigenvalue weighted by Crippen LogP contribution is 2.04. The highest BCUT2D eigenvalue weighted by molar-refractivity contribution is 5.74. The van der Waals surface area contributed by atoms with Gasteiger partial charge in [-0.1, -0.05) is 0 Å². The summed E-state index contributed by atoms with van der Waals surface area (Å²) in [4.78, 5) is 25.7. The van der Waals surface area contributed by atoms with Gasteiger partial charge in [0.2, 0.25) is 11.8 Å². The highest BCUT2D eigenvalue weighted by atomic mass is 16.2. The van der Waals surface area contributed by atoms with E-state index >= 15 is 0 Å². The molecule has 0 saturated carbocycles. The van der Waals surface area contributed by atoms with E-state index in [0.29, 0.717) is 19.5 Å². The molecule has 0 bridgehead atoms. The number of nitriles is 2. The Morgan fingerprint density at radius 3 is 1.47 bits per heavy atom. The van der Waals surface area contributed by atoms with Crippen LogP contribution in [0.1, 0.15) is 34.1 Å². The first-order valence-electron chi connectivity index (χ1n) is 6.18. The average molecular weight is 264 g/mol. The van der Waals surface area contributed by atoms with E-state index in [-0.39, 0.29) is 11.8 Å². The van der Waals surface area contributed by atoms with Crippen molar-refractivity contribution in [2.45, 2.75) is 46.2 Å². The van der Waals surface area contributed by atoms with Gasteiger partial charge in [-0.25, -0.2) is 0 Å². The molecule has 0 aliphatic rings. The maximum atomic E-state index is 11.4. The van der Waals surface area contributed by atoms with Gasteiger partial charge in [-0.2, -0.15) is 10.5 Å². The zero-order valence-corrected chi connectivity index (χ0v) is 11.9. The summed E-state index contributed by atoms with van der Waals surface area (Å²) < 4.78 is 0. The summed E-state index contributed by atoms with van der Waals surface area (Å²) in [6, 6.07) is 3.05. The summed E-state index contributed by atoms with van der Waals surface area (Å²) in [5.74, 6) is -0.339. The number of hydrogen-bond donors (Lipinski definition) is 0. The molecule has 0 aromatic rings. The molecular formula is C13H20N4O2. The second kappa shape index (κ2) is 8.10. The fourth-order valence-corrected chi connectivity index (χ4v) is 1.80. The molecule has 0 N–H and O–H groups in total. The number of amides is 2. The molecular weight excluding hydrogens is 244 g/mol. The number of hydrogen-bond acceptors (Lipinski definition) is 4. The van der Waals surface area contributed by atoms with E-state index in [1.807, 2.05) is 12.1 Å². The van der Waals surface area contributed by atoms with Crippen LogP contribution < -0.4 is 0 Å². The van der Waals surface area contributed by atoms with Crippen LogP contribution >= 0.6 is 0 Å². The van der Waals surface area contributed by atoms with Crippen LogP contribution in [-0.4, -0.2) is 46.8 Å². The second-order valence-electron chi connectivity index (χ2n) is 4.39. The third kappa shape index (κ3) is 5.39. The van der Waals surface area contributed by atoms with Crippen LogP contribution in [0.25, 0.3) is 0 Å². The molecule has 0 rings (SSSR count). The second-order valence-corrected chi connectivity index (χ2v) is 4.39. The molecule has 0 heterocycles. The molecule has 104 valence electrons. The van der Waals surface area contributed by atoms with Crippen molar-refractivity contribution in [2.24, 2.45) is 0 Å². The number of carbonyl (C=O) groups excluding carboxylic acids is 2. The van der Waals surface area contributed by atoms with E-state index in [1.165, 1.54) is 23.6 Å². The van der Waals surface area contributed by atoms with Gasteiger partial charge in [0.05, 0.1) is 12.1 Å². The summed E-state index contributed by atoms with van der Waals surface area (Å²) in [5, 5.41) is 17.7. The Kier molecular flexibility index (Phi) is 7.21. The van der Waals surface area contributed by atoms with Crippen molar-refractivity contribution in [3.63, 3.8) is 0 Å². The van der Waals surface area contributed by atoms with Gasteiger partial charge < -0.3 is 9.80 Å². The summed E-state index contributed by atoms with van der Waals surface area (Å²) in [5.41, 5.74) is 0. The quantitative estimate of drug-likeness (QED) is 0.713. The van der Waals surface area contributed by atoms with Crippen molar-refractivity contribution in [3.8, 4) is 12.1 Å². The van der Waals surface area contributed by atoms with Crippen molar-refractivity contribution >= 4 is 11.8 Å². The first-order chi connectivity index (χ1) is 8.84. The van der Waals surface area contributed by atoms with E-state index in [2.05, 4.69) is 0 Å². The predicted octanol–water partition coefficient (Wildman–Crippen LogP) is 0.898. The Morgan fingerprint density at radius 1 is 0.947 bits per heavy atom. The maximum absolute atomic E-state index is 11.4. The first kappa shape index (κ1) is 16.9. The molecule has 0 fully saturated rings. The molecule has 0 aromatic heterocycles. The molecule has 0 aromatic carbocycles. The smallest absolute Gasteiger partial charge is 0.220 e. The Balaban J connectivity index is 4.47. The summed E-state index contributed by atoms with van der Waals surface area (Å²) in [6.45, 7) is 6.92. The first-order valence-corrected chi connectivity index (χ1v) is 6.18.